The van der Waals surface area contributed by atoms with Crippen LogP contribution >= 0.6 is 0 Å². The minimum absolute atomic E-state index is 0.0986. The van der Waals surface area contributed by atoms with Gasteiger partial charge >= 0.3 is 0 Å². The van der Waals surface area contributed by atoms with Crippen molar-refractivity contribution in [2.24, 2.45) is 11.3 Å². The minimum Gasteiger partial charge on any atom is -0.316 e. The van der Waals surface area contributed by atoms with Crippen LogP contribution in [0.1, 0.15) is 38.7 Å². The zero-order chi connectivity index (χ0) is 15.5. The third-order valence-corrected chi connectivity index (χ3v) is 4.96. The fourth-order valence-electron chi connectivity index (χ4n) is 3.99. The van der Waals surface area contributed by atoms with Gasteiger partial charge in [-0.2, -0.15) is 0 Å². The molecule has 2 atom stereocenters. The summed E-state index contributed by atoms with van der Waals surface area (Å²) in [5.41, 5.74) is 1.13. The van der Waals surface area contributed by atoms with E-state index in [0.29, 0.717) is 23.9 Å². The highest BCUT2D eigenvalue weighted by atomic mass is 19.1. The van der Waals surface area contributed by atoms with E-state index in [1.807, 2.05) is 12.1 Å². The number of hydrogen-bond donors (Lipinski definition) is 1. The monoisotopic (exact) mass is 292 g/mol. The first kappa shape index (κ1) is 16.4. The van der Waals surface area contributed by atoms with Crippen LogP contribution < -0.4 is 5.32 Å². The summed E-state index contributed by atoms with van der Waals surface area (Å²) in [7, 11) is 4.17. The average molecular weight is 292 g/mol. The van der Waals surface area contributed by atoms with E-state index in [9.17, 15) is 4.39 Å². The molecular weight excluding hydrogens is 263 g/mol. The van der Waals surface area contributed by atoms with Crippen molar-refractivity contribution in [2.45, 2.75) is 45.7 Å². The summed E-state index contributed by atoms with van der Waals surface area (Å²) in [6.45, 7) is 6.41. The van der Waals surface area contributed by atoms with E-state index in [1.54, 1.807) is 12.1 Å². The molecule has 2 nitrogen and oxygen atoms in total. The van der Waals surface area contributed by atoms with E-state index in [-0.39, 0.29) is 5.82 Å². The Morgan fingerprint density at radius 2 is 2.05 bits per heavy atom. The highest BCUT2D eigenvalue weighted by molar-refractivity contribution is 5.17. The van der Waals surface area contributed by atoms with Crippen LogP contribution in [-0.2, 0) is 6.54 Å². The molecule has 2 rings (SSSR count). The maximum Gasteiger partial charge on any atom is 0.127 e. The number of benzene rings is 1. The molecule has 118 valence electrons. The molecule has 1 aromatic carbocycles. The van der Waals surface area contributed by atoms with Gasteiger partial charge in [-0.25, -0.2) is 4.39 Å². The van der Waals surface area contributed by atoms with E-state index in [2.05, 4.69) is 38.2 Å². The van der Waals surface area contributed by atoms with Gasteiger partial charge in [0, 0.05) is 24.7 Å². The van der Waals surface area contributed by atoms with Crippen molar-refractivity contribution in [2.75, 3.05) is 20.6 Å². The SMILES string of the molecule is CNC1C(CN(C)Cc2ccccc2F)CCCC1(C)C. The number of nitrogens with zero attached hydrogens (tertiary/aromatic N) is 1. The van der Waals surface area contributed by atoms with Crippen molar-refractivity contribution in [3.05, 3.63) is 35.6 Å². The lowest BCUT2D eigenvalue weighted by Crippen LogP contribution is -2.51. The molecule has 1 aliphatic rings. The van der Waals surface area contributed by atoms with Crippen molar-refractivity contribution in [1.29, 1.82) is 0 Å². The van der Waals surface area contributed by atoms with Gasteiger partial charge in [0.25, 0.3) is 0 Å². The standard InChI is InChI=1S/C18H29FN2/c1-18(2)11-7-9-15(17(18)20-3)13-21(4)12-14-8-5-6-10-16(14)19/h5-6,8,10,15,17,20H,7,9,11-13H2,1-4H3. The number of rotatable bonds is 5. The predicted molar refractivity (Wildman–Crippen MR) is 86.7 cm³/mol. The molecule has 0 amide bonds. The van der Waals surface area contributed by atoms with Crippen LogP contribution in [0, 0.1) is 17.2 Å². The second-order valence-electron chi connectivity index (χ2n) is 7.20. The van der Waals surface area contributed by atoms with Crippen LogP contribution in [0.25, 0.3) is 0 Å². The van der Waals surface area contributed by atoms with Crippen molar-refractivity contribution in [1.82, 2.24) is 10.2 Å². The number of hydrogen-bond acceptors (Lipinski definition) is 2. The molecule has 0 aromatic heterocycles. The van der Waals surface area contributed by atoms with Crippen LogP contribution in [0.3, 0.4) is 0 Å². The molecule has 0 saturated heterocycles. The van der Waals surface area contributed by atoms with Gasteiger partial charge in [-0.1, -0.05) is 38.5 Å². The Kier molecular flexibility index (Phi) is 5.39. The molecule has 1 N–H and O–H groups in total. The van der Waals surface area contributed by atoms with E-state index in [1.165, 1.54) is 19.3 Å². The first-order chi connectivity index (χ1) is 9.94. The second-order valence-corrected chi connectivity index (χ2v) is 7.20. The molecule has 0 radical (unpaired) electrons. The molecule has 1 saturated carbocycles. The smallest absolute Gasteiger partial charge is 0.127 e. The summed E-state index contributed by atoms with van der Waals surface area (Å²) < 4.78 is 13.8. The largest absolute Gasteiger partial charge is 0.316 e. The van der Waals surface area contributed by atoms with Crippen LogP contribution in [-0.4, -0.2) is 31.6 Å². The molecule has 0 aliphatic heterocycles. The maximum absolute atomic E-state index is 13.8. The molecule has 2 unspecified atom stereocenters. The Bertz CT molecular complexity index is 458. The fourth-order valence-corrected chi connectivity index (χ4v) is 3.99. The zero-order valence-corrected chi connectivity index (χ0v) is 13.8. The number of halogens is 1. The Morgan fingerprint density at radius 3 is 2.71 bits per heavy atom. The zero-order valence-electron chi connectivity index (χ0n) is 13.8. The lowest BCUT2D eigenvalue weighted by atomic mass is 9.68. The van der Waals surface area contributed by atoms with E-state index in [4.69, 9.17) is 0 Å². The van der Waals surface area contributed by atoms with Crippen LogP contribution in [0.15, 0.2) is 24.3 Å². The maximum atomic E-state index is 13.8. The van der Waals surface area contributed by atoms with Crippen molar-refractivity contribution < 1.29 is 4.39 Å². The van der Waals surface area contributed by atoms with Crippen molar-refractivity contribution in [3.63, 3.8) is 0 Å². The third kappa shape index (κ3) is 4.04. The highest BCUT2D eigenvalue weighted by Gasteiger charge is 2.38. The topological polar surface area (TPSA) is 15.3 Å². The summed E-state index contributed by atoms with van der Waals surface area (Å²) in [5.74, 6) is 0.536. The predicted octanol–water partition coefficient (Wildman–Crippen LogP) is 3.67. The Hall–Kier alpha value is -0.930. The molecule has 0 spiro atoms. The molecule has 21 heavy (non-hydrogen) atoms. The van der Waals surface area contributed by atoms with Gasteiger partial charge in [0.15, 0.2) is 0 Å². The van der Waals surface area contributed by atoms with Crippen molar-refractivity contribution >= 4 is 0 Å². The van der Waals surface area contributed by atoms with Gasteiger partial charge in [-0.05, 0) is 44.3 Å². The Labute approximate surface area is 128 Å². The summed E-state index contributed by atoms with van der Waals surface area (Å²) in [6, 6.07) is 7.62. The van der Waals surface area contributed by atoms with Gasteiger partial charge in [-0.15, -0.1) is 0 Å². The normalized spacial score (nSPS) is 25.2. The van der Waals surface area contributed by atoms with Gasteiger partial charge < -0.3 is 10.2 Å². The summed E-state index contributed by atoms with van der Waals surface area (Å²) in [4.78, 5) is 2.26. The van der Waals surface area contributed by atoms with Gasteiger partial charge in [0.2, 0.25) is 0 Å². The molecule has 3 heteroatoms. The lowest BCUT2D eigenvalue weighted by molar-refractivity contribution is 0.0886. The third-order valence-electron chi connectivity index (χ3n) is 4.96. The lowest BCUT2D eigenvalue weighted by Gasteiger charge is -2.45. The van der Waals surface area contributed by atoms with Gasteiger partial charge in [0.05, 0.1) is 0 Å². The number of nitrogens with one attached hydrogen (secondary N) is 1. The molecule has 1 fully saturated rings. The van der Waals surface area contributed by atoms with E-state index < -0.39 is 0 Å². The molecule has 0 heterocycles. The average Bonchev–Trinajstić information content (AvgIpc) is 2.40. The van der Waals surface area contributed by atoms with Crippen molar-refractivity contribution in [3.8, 4) is 0 Å². The van der Waals surface area contributed by atoms with Crippen LogP contribution in [0.5, 0.6) is 0 Å². The first-order valence-corrected chi connectivity index (χ1v) is 8.03. The second kappa shape index (κ2) is 6.89. The Morgan fingerprint density at radius 1 is 1.33 bits per heavy atom. The molecule has 1 aromatic rings. The van der Waals surface area contributed by atoms with E-state index >= 15 is 0 Å². The van der Waals surface area contributed by atoms with Crippen LogP contribution in [0.4, 0.5) is 4.39 Å². The molecular formula is C18H29FN2. The minimum atomic E-state index is -0.0986. The quantitative estimate of drug-likeness (QED) is 0.891. The van der Waals surface area contributed by atoms with E-state index in [0.717, 1.165) is 12.1 Å². The summed E-state index contributed by atoms with van der Waals surface area (Å²) in [5, 5.41) is 3.52. The highest BCUT2D eigenvalue weighted by Crippen LogP contribution is 2.39. The van der Waals surface area contributed by atoms with Gasteiger partial charge in [-0.3, -0.25) is 0 Å². The first-order valence-electron chi connectivity index (χ1n) is 8.03. The fraction of sp³-hybridized carbons (Fsp3) is 0.667. The van der Waals surface area contributed by atoms with Gasteiger partial charge in [0.1, 0.15) is 5.82 Å². The van der Waals surface area contributed by atoms with Crippen LogP contribution in [0.2, 0.25) is 0 Å². The molecule has 0 bridgehead atoms. The molecule has 1 aliphatic carbocycles. The Balaban J connectivity index is 1.98. The summed E-state index contributed by atoms with van der Waals surface area (Å²) in [6.07, 6.45) is 3.84. The summed E-state index contributed by atoms with van der Waals surface area (Å²) >= 11 is 0.